The highest BCUT2D eigenvalue weighted by molar-refractivity contribution is 5.85. The van der Waals surface area contributed by atoms with Crippen LogP contribution in [-0.4, -0.2) is 22.6 Å². The van der Waals surface area contributed by atoms with E-state index < -0.39 is 5.97 Å². The van der Waals surface area contributed by atoms with Gasteiger partial charge >= 0.3 is 5.97 Å². The first-order valence-electron chi connectivity index (χ1n) is 7.03. The van der Waals surface area contributed by atoms with Gasteiger partial charge in [-0.2, -0.15) is 0 Å². The third-order valence-electron chi connectivity index (χ3n) is 3.02. The minimum Gasteiger partial charge on any atom is -0.477 e. The van der Waals surface area contributed by atoms with E-state index in [1.807, 2.05) is 0 Å². The molecule has 0 fully saturated rings. The van der Waals surface area contributed by atoms with E-state index in [1.54, 1.807) is 12.3 Å². The van der Waals surface area contributed by atoms with Gasteiger partial charge in [0.2, 0.25) is 0 Å². The van der Waals surface area contributed by atoms with Crippen LogP contribution in [0.15, 0.2) is 18.3 Å². The van der Waals surface area contributed by atoms with Gasteiger partial charge in [0.15, 0.2) is 0 Å². The number of nitrogens with zero attached hydrogens (tertiary/aromatic N) is 1. The second-order valence-electron chi connectivity index (χ2n) is 5.26. The lowest BCUT2D eigenvalue weighted by molar-refractivity contribution is 0.0690. The summed E-state index contributed by atoms with van der Waals surface area (Å²) < 4.78 is 0. The van der Waals surface area contributed by atoms with Gasteiger partial charge in [-0.1, -0.05) is 39.5 Å². The molecule has 0 amide bonds. The Hall–Kier alpha value is -1.58. The molecule has 0 aromatic carbocycles. The average molecular weight is 264 g/mol. The van der Waals surface area contributed by atoms with Crippen molar-refractivity contribution in [2.45, 2.75) is 46.0 Å². The Balaban J connectivity index is 2.11. The maximum atomic E-state index is 10.6. The van der Waals surface area contributed by atoms with E-state index in [-0.39, 0.29) is 5.69 Å². The predicted octanol–water partition coefficient (Wildman–Crippen LogP) is 3.80. The molecule has 2 N–H and O–H groups in total. The van der Waals surface area contributed by atoms with Crippen LogP contribution in [0.5, 0.6) is 0 Å². The van der Waals surface area contributed by atoms with Crippen molar-refractivity contribution in [1.82, 2.24) is 4.98 Å². The van der Waals surface area contributed by atoms with E-state index in [0.717, 1.165) is 24.6 Å². The van der Waals surface area contributed by atoms with Gasteiger partial charge in [0.05, 0.1) is 11.9 Å². The minimum absolute atomic E-state index is 0.0826. The van der Waals surface area contributed by atoms with Gasteiger partial charge < -0.3 is 10.4 Å². The summed E-state index contributed by atoms with van der Waals surface area (Å²) in [5, 5.41) is 12.0. The molecule has 0 saturated carbocycles. The molecule has 4 nitrogen and oxygen atoms in total. The van der Waals surface area contributed by atoms with Crippen LogP contribution in [-0.2, 0) is 0 Å². The third kappa shape index (κ3) is 6.79. The topological polar surface area (TPSA) is 62.2 Å². The van der Waals surface area contributed by atoms with E-state index in [9.17, 15) is 4.79 Å². The molecule has 0 radical (unpaired) electrons. The van der Waals surface area contributed by atoms with E-state index in [2.05, 4.69) is 24.1 Å². The predicted molar refractivity (Wildman–Crippen MR) is 77.6 cm³/mol. The monoisotopic (exact) mass is 264 g/mol. The molecule has 0 bridgehead atoms. The summed E-state index contributed by atoms with van der Waals surface area (Å²) in [4.78, 5) is 14.5. The van der Waals surface area contributed by atoms with Crippen LogP contribution in [0.25, 0.3) is 0 Å². The molecule has 4 heteroatoms. The molecule has 1 aromatic rings. The first-order chi connectivity index (χ1) is 9.09. The largest absolute Gasteiger partial charge is 0.477 e. The summed E-state index contributed by atoms with van der Waals surface area (Å²) in [5.41, 5.74) is 0.964. The van der Waals surface area contributed by atoms with E-state index in [0.29, 0.717) is 0 Å². The van der Waals surface area contributed by atoms with Crippen LogP contribution in [0, 0.1) is 5.92 Å². The number of aromatic nitrogens is 1. The van der Waals surface area contributed by atoms with Crippen LogP contribution in [0.3, 0.4) is 0 Å². The third-order valence-corrected chi connectivity index (χ3v) is 3.02. The maximum Gasteiger partial charge on any atom is 0.354 e. The summed E-state index contributed by atoms with van der Waals surface area (Å²) in [6.45, 7) is 5.43. The van der Waals surface area contributed by atoms with Crippen LogP contribution >= 0.6 is 0 Å². The highest BCUT2D eigenvalue weighted by Crippen LogP contribution is 2.10. The van der Waals surface area contributed by atoms with E-state index in [4.69, 9.17) is 5.11 Å². The lowest BCUT2D eigenvalue weighted by atomic mass is 10.0. The van der Waals surface area contributed by atoms with Crippen molar-refractivity contribution in [3.8, 4) is 0 Å². The van der Waals surface area contributed by atoms with Crippen molar-refractivity contribution in [3.05, 3.63) is 24.0 Å². The number of pyridine rings is 1. The normalized spacial score (nSPS) is 10.7. The second kappa shape index (κ2) is 8.51. The molecule has 0 spiro atoms. The highest BCUT2D eigenvalue weighted by atomic mass is 16.4. The first-order valence-corrected chi connectivity index (χ1v) is 7.03. The molecule has 0 unspecified atom stereocenters. The number of rotatable bonds is 9. The summed E-state index contributed by atoms with van der Waals surface area (Å²) in [7, 11) is 0. The molecular formula is C15H24N2O2. The molecule has 106 valence electrons. The Labute approximate surface area is 115 Å². The number of carboxylic acid groups (broad SMARTS) is 1. The van der Waals surface area contributed by atoms with Crippen molar-refractivity contribution >= 4 is 11.7 Å². The molecule has 1 aromatic heterocycles. The van der Waals surface area contributed by atoms with Gasteiger partial charge in [0, 0.05) is 6.54 Å². The average Bonchev–Trinajstić information content (AvgIpc) is 2.38. The summed E-state index contributed by atoms with van der Waals surface area (Å²) in [5.74, 6) is -0.186. The van der Waals surface area contributed by atoms with E-state index >= 15 is 0 Å². The molecule has 0 aliphatic rings. The van der Waals surface area contributed by atoms with Crippen LogP contribution < -0.4 is 5.32 Å². The Kier molecular flexibility index (Phi) is 6.93. The Morgan fingerprint density at radius 1 is 1.26 bits per heavy atom. The number of carbonyl (C=O) groups is 1. The summed E-state index contributed by atoms with van der Waals surface area (Å²) in [6, 6.07) is 3.28. The van der Waals surface area contributed by atoms with Crippen LogP contribution in [0.1, 0.15) is 56.4 Å². The fraction of sp³-hybridized carbons (Fsp3) is 0.600. The smallest absolute Gasteiger partial charge is 0.354 e. The van der Waals surface area contributed by atoms with Crippen molar-refractivity contribution in [2.75, 3.05) is 11.9 Å². The molecule has 1 heterocycles. The van der Waals surface area contributed by atoms with Crippen molar-refractivity contribution in [3.63, 3.8) is 0 Å². The zero-order valence-electron chi connectivity index (χ0n) is 11.9. The highest BCUT2D eigenvalue weighted by Gasteiger charge is 2.02. The Morgan fingerprint density at radius 2 is 2.00 bits per heavy atom. The minimum atomic E-state index is -0.989. The Morgan fingerprint density at radius 3 is 2.58 bits per heavy atom. The fourth-order valence-electron chi connectivity index (χ4n) is 1.89. The molecule has 0 atom stereocenters. The lowest BCUT2D eigenvalue weighted by Gasteiger charge is -2.07. The maximum absolute atomic E-state index is 10.6. The number of hydrogen-bond acceptors (Lipinski definition) is 3. The first kappa shape index (κ1) is 15.5. The van der Waals surface area contributed by atoms with Crippen molar-refractivity contribution < 1.29 is 9.90 Å². The molecular weight excluding hydrogens is 240 g/mol. The van der Waals surface area contributed by atoms with Gasteiger partial charge in [0.1, 0.15) is 5.69 Å². The molecule has 0 aliphatic carbocycles. The lowest BCUT2D eigenvalue weighted by Crippen LogP contribution is -2.04. The number of carboxylic acids is 1. The Bertz CT molecular complexity index is 374. The van der Waals surface area contributed by atoms with Crippen LogP contribution in [0.4, 0.5) is 5.69 Å². The molecule has 0 saturated heterocycles. The fourth-order valence-corrected chi connectivity index (χ4v) is 1.89. The zero-order valence-corrected chi connectivity index (χ0v) is 11.9. The van der Waals surface area contributed by atoms with Crippen molar-refractivity contribution in [1.29, 1.82) is 0 Å². The standard InChI is InChI=1S/C15H24N2O2/c1-12(2)7-5-3-4-6-10-16-13-8-9-14(15(18)19)17-11-13/h8-9,11-12,16H,3-7,10H2,1-2H3,(H,18,19). The number of hydrogen-bond donors (Lipinski definition) is 2. The summed E-state index contributed by atoms with van der Waals surface area (Å²) in [6.07, 6.45) is 7.86. The SMILES string of the molecule is CC(C)CCCCCCNc1ccc(C(=O)O)nc1. The summed E-state index contributed by atoms with van der Waals surface area (Å²) >= 11 is 0. The number of nitrogens with one attached hydrogen (secondary N) is 1. The molecule has 19 heavy (non-hydrogen) atoms. The van der Waals surface area contributed by atoms with E-state index in [1.165, 1.54) is 31.7 Å². The van der Waals surface area contributed by atoms with Crippen molar-refractivity contribution in [2.24, 2.45) is 5.92 Å². The van der Waals surface area contributed by atoms with Gasteiger partial charge in [-0.3, -0.25) is 0 Å². The van der Waals surface area contributed by atoms with Gasteiger partial charge in [-0.05, 0) is 24.5 Å². The molecule has 0 aliphatic heterocycles. The van der Waals surface area contributed by atoms with Gasteiger partial charge in [-0.25, -0.2) is 9.78 Å². The van der Waals surface area contributed by atoms with Crippen LogP contribution in [0.2, 0.25) is 0 Å². The zero-order chi connectivity index (χ0) is 14.1. The quantitative estimate of drug-likeness (QED) is 0.666. The second-order valence-corrected chi connectivity index (χ2v) is 5.26. The van der Waals surface area contributed by atoms with Gasteiger partial charge in [-0.15, -0.1) is 0 Å². The number of anilines is 1. The molecule has 1 rings (SSSR count). The number of unbranched alkanes of at least 4 members (excludes halogenated alkanes) is 3. The number of aromatic carboxylic acids is 1. The van der Waals surface area contributed by atoms with Gasteiger partial charge in [0.25, 0.3) is 0 Å².